The van der Waals surface area contributed by atoms with Crippen LogP contribution in [0.4, 0.5) is 5.69 Å². The lowest BCUT2D eigenvalue weighted by Gasteiger charge is -2.33. The second-order valence-corrected chi connectivity index (χ2v) is 7.97. The molecule has 0 heterocycles. The standard InChI is InChI=1S/C20H20NOP/c1-2-21(18-12-6-3-7-13-18)23(22,19-14-8-4-9-15-19)20-16-10-5-11-17-20/h3-17H,2H2,1H3. The topological polar surface area (TPSA) is 20.3 Å². The second-order valence-electron chi connectivity index (χ2n) is 5.30. The summed E-state index contributed by atoms with van der Waals surface area (Å²) in [6.45, 7) is 2.72. The van der Waals surface area contributed by atoms with Crippen molar-refractivity contribution in [3.63, 3.8) is 0 Å². The van der Waals surface area contributed by atoms with E-state index < -0.39 is 7.29 Å². The number of benzene rings is 3. The van der Waals surface area contributed by atoms with E-state index in [0.29, 0.717) is 6.54 Å². The lowest BCUT2D eigenvalue weighted by Crippen LogP contribution is -2.32. The van der Waals surface area contributed by atoms with E-state index in [0.717, 1.165) is 16.3 Å². The van der Waals surface area contributed by atoms with E-state index in [1.165, 1.54) is 0 Å². The Bertz CT molecular complexity index is 744. The monoisotopic (exact) mass is 321 g/mol. The molecule has 0 aliphatic heterocycles. The van der Waals surface area contributed by atoms with Crippen LogP contribution >= 0.6 is 7.29 Å². The van der Waals surface area contributed by atoms with Crippen LogP contribution in [-0.2, 0) is 4.57 Å². The Labute approximate surface area is 137 Å². The third kappa shape index (κ3) is 2.95. The van der Waals surface area contributed by atoms with Gasteiger partial charge >= 0.3 is 0 Å². The Morgan fingerprint density at radius 1 is 0.696 bits per heavy atom. The van der Waals surface area contributed by atoms with Crippen molar-refractivity contribution in [2.75, 3.05) is 11.2 Å². The minimum absolute atomic E-state index is 0.672. The van der Waals surface area contributed by atoms with Crippen molar-refractivity contribution in [2.45, 2.75) is 6.92 Å². The Balaban J connectivity index is 2.22. The number of rotatable bonds is 5. The quantitative estimate of drug-likeness (QED) is 0.647. The summed E-state index contributed by atoms with van der Waals surface area (Å²) in [4.78, 5) is 0. The first-order valence-electron chi connectivity index (χ1n) is 7.81. The highest BCUT2D eigenvalue weighted by molar-refractivity contribution is 7.80. The van der Waals surface area contributed by atoms with Gasteiger partial charge in [0.15, 0.2) is 0 Å². The van der Waals surface area contributed by atoms with Gasteiger partial charge in [0.2, 0.25) is 7.29 Å². The molecule has 23 heavy (non-hydrogen) atoms. The zero-order chi connectivity index (χ0) is 16.1. The van der Waals surface area contributed by atoms with E-state index in [2.05, 4.69) is 0 Å². The maximum Gasteiger partial charge on any atom is 0.229 e. The van der Waals surface area contributed by atoms with Crippen molar-refractivity contribution >= 4 is 23.6 Å². The molecule has 116 valence electrons. The fraction of sp³-hybridized carbons (Fsp3) is 0.100. The molecule has 0 N–H and O–H groups in total. The highest BCUT2D eigenvalue weighted by Gasteiger charge is 2.33. The highest BCUT2D eigenvalue weighted by Crippen LogP contribution is 2.49. The fourth-order valence-electron chi connectivity index (χ4n) is 2.83. The summed E-state index contributed by atoms with van der Waals surface area (Å²) in [5.41, 5.74) is 0.978. The molecule has 0 aliphatic rings. The van der Waals surface area contributed by atoms with Crippen LogP contribution in [0, 0.1) is 0 Å². The smallest absolute Gasteiger partial charge is 0.229 e. The Kier molecular flexibility index (Phi) is 4.64. The van der Waals surface area contributed by atoms with Crippen LogP contribution in [0.1, 0.15) is 6.92 Å². The van der Waals surface area contributed by atoms with Crippen molar-refractivity contribution in [2.24, 2.45) is 0 Å². The largest absolute Gasteiger partial charge is 0.316 e. The summed E-state index contributed by atoms with van der Waals surface area (Å²) in [5.74, 6) is 0. The van der Waals surface area contributed by atoms with Gasteiger partial charge in [-0.3, -0.25) is 4.57 Å². The second kappa shape index (κ2) is 6.85. The molecule has 0 saturated carbocycles. The van der Waals surface area contributed by atoms with Crippen LogP contribution < -0.4 is 15.3 Å². The van der Waals surface area contributed by atoms with E-state index >= 15 is 0 Å². The molecule has 0 fully saturated rings. The minimum Gasteiger partial charge on any atom is -0.316 e. The van der Waals surface area contributed by atoms with Gasteiger partial charge in [-0.25, -0.2) is 0 Å². The van der Waals surface area contributed by atoms with Crippen molar-refractivity contribution in [3.05, 3.63) is 91.0 Å². The van der Waals surface area contributed by atoms with E-state index in [4.69, 9.17) is 0 Å². The summed E-state index contributed by atoms with van der Waals surface area (Å²) < 4.78 is 16.3. The van der Waals surface area contributed by atoms with Crippen LogP contribution in [0.3, 0.4) is 0 Å². The molecule has 0 aliphatic carbocycles. The van der Waals surface area contributed by atoms with E-state index in [1.54, 1.807) is 0 Å². The van der Waals surface area contributed by atoms with Crippen LogP contribution in [0.15, 0.2) is 91.0 Å². The summed E-state index contributed by atoms with van der Waals surface area (Å²) in [6.07, 6.45) is 0. The summed E-state index contributed by atoms with van der Waals surface area (Å²) >= 11 is 0. The maximum atomic E-state index is 14.3. The average molecular weight is 321 g/mol. The van der Waals surface area contributed by atoms with Gasteiger partial charge in [-0.05, 0) is 43.3 Å². The van der Waals surface area contributed by atoms with E-state index in [9.17, 15) is 4.57 Å². The Morgan fingerprint density at radius 2 is 1.09 bits per heavy atom. The van der Waals surface area contributed by atoms with E-state index in [1.807, 2.05) is 103 Å². The molecule has 3 aromatic rings. The van der Waals surface area contributed by atoms with Gasteiger partial charge in [-0.2, -0.15) is 0 Å². The molecule has 3 rings (SSSR count). The summed E-state index contributed by atoms with van der Waals surface area (Å²) in [7, 11) is -2.92. The first kappa shape index (κ1) is 15.6. The van der Waals surface area contributed by atoms with Crippen molar-refractivity contribution in [1.82, 2.24) is 0 Å². The zero-order valence-corrected chi connectivity index (χ0v) is 14.1. The summed E-state index contributed by atoms with van der Waals surface area (Å²) in [6, 6.07) is 29.5. The molecular formula is C20H20NOP. The number of hydrogen-bond donors (Lipinski definition) is 0. The lowest BCUT2D eigenvalue weighted by molar-refractivity contribution is 0.584. The molecule has 0 aromatic heterocycles. The van der Waals surface area contributed by atoms with Crippen LogP contribution in [0.2, 0.25) is 0 Å². The van der Waals surface area contributed by atoms with Gasteiger partial charge < -0.3 is 4.67 Å². The molecule has 0 radical (unpaired) electrons. The van der Waals surface area contributed by atoms with Gasteiger partial charge in [-0.15, -0.1) is 0 Å². The maximum absolute atomic E-state index is 14.3. The Morgan fingerprint density at radius 3 is 1.48 bits per heavy atom. The third-order valence-electron chi connectivity index (χ3n) is 3.91. The predicted molar refractivity (Wildman–Crippen MR) is 99.2 cm³/mol. The van der Waals surface area contributed by atoms with Crippen LogP contribution in [0.5, 0.6) is 0 Å². The molecule has 0 unspecified atom stereocenters. The highest BCUT2D eigenvalue weighted by atomic mass is 31.2. The van der Waals surface area contributed by atoms with Crippen LogP contribution in [0.25, 0.3) is 0 Å². The molecule has 0 atom stereocenters. The number of nitrogens with zero attached hydrogens (tertiary/aromatic N) is 1. The SMILES string of the molecule is CCN(c1ccccc1)P(=O)(c1ccccc1)c1ccccc1. The Hall–Kier alpha value is -2.31. The molecule has 2 nitrogen and oxygen atoms in total. The minimum atomic E-state index is -2.92. The van der Waals surface area contributed by atoms with Crippen molar-refractivity contribution < 1.29 is 4.57 Å². The van der Waals surface area contributed by atoms with E-state index in [-0.39, 0.29) is 0 Å². The molecule has 3 heteroatoms. The fourth-order valence-corrected chi connectivity index (χ4v) is 5.70. The normalized spacial score (nSPS) is 11.2. The zero-order valence-electron chi connectivity index (χ0n) is 13.2. The summed E-state index contributed by atoms with van der Waals surface area (Å²) in [5, 5.41) is 1.72. The lowest BCUT2D eigenvalue weighted by atomic mass is 10.3. The van der Waals surface area contributed by atoms with Gasteiger partial charge in [0.1, 0.15) is 0 Å². The first-order chi connectivity index (χ1) is 11.3. The average Bonchev–Trinajstić information content (AvgIpc) is 2.64. The first-order valence-corrected chi connectivity index (χ1v) is 9.47. The number of para-hydroxylation sites is 1. The van der Waals surface area contributed by atoms with Crippen molar-refractivity contribution in [3.8, 4) is 0 Å². The van der Waals surface area contributed by atoms with Gasteiger partial charge in [0.05, 0.1) is 0 Å². The molecule has 0 bridgehead atoms. The predicted octanol–water partition coefficient (Wildman–Crippen LogP) is 4.44. The molecule has 0 saturated heterocycles. The molecule has 3 aromatic carbocycles. The van der Waals surface area contributed by atoms with Gasteiger partial charge in [0, 0.05) is 22.8 Å². The number of hydrogen-bond acceptors (Lipinski definition) is 1. The van der Waals surface area contributed by atoms with Gasteiger partial charge in [0.25, 0.3) is 0 Å². The molecule has 0 spiro atoms. The molecule has 0 amide bonds. The molecular weight excluding hydrogens is 301 g/mol. The van der Waals surface area contributed by atoms with Crippen molar-refractivity contribution in [1.29, 1.82) is 0 Å². The van der Waals surface area contributed by atoms with Crippen LogP contribution in [-0.4, -0.2) is 6.54 Å². The number of anilines is 1. The third-order valence-corrected chi connectivity index (χ3v) is 7.10. The van der Waals surface area contributed by atoms with Gasteiger partial charge in [-0.1, -0.05) is 54.6 Å².